The van der Waals surface area contributed by atoms with E-state index in [2.05, 4.69) is 105 Å². The Morgan fingerprint density at radius 2 is 1.76 bits per heavy atom. The standard InChI is InChI=1S/C26H30N3/c1-20-9-7-14-26(17-20)29(4)28-25-13-8-11-23(18-25)19-27-22(3)15-16-24-12-6-5-10-21(24)2/h5-15,17-18,27-28H,4,16,19H2,1-3H3/q+1/b22-15+. The quantitative estimate of drug-likeness (QED) is 0.287. The van der Waals surface area contributed by atoms with Gasteiger partial charge in [-0.3, -0.25) is 0 Å². The van der Waals surface area contributed by atoms with Gasteiger partial charge in [-0.25, -0.2) is 0 Å². The maximum atomic E-state index is 4.11. The number of hydrogen-bond donors (Lipinski definition) is 2. The van der Waals surface area contributed by atoms with Crippen LogP contribution in [0.4, 0.5) is 11.4 Å². The molecule has 0 atom stereocenters. The third-order valence-corrected chi connectivity index (χ3v) is 4.97. The summed E-state index contributed by atoms with van der Waals surface area (Å²) in [6.45, 7) is 11.3. The van der Waals surface area contributed by atoms with Gasteiger partial charge in [-0.05, 0) is 61.6 Å². The summed E-state index contributed by atoms with van der Waals surface area (Å²) in [5, 5.41) is 3.51. The monoisotopic (exact) mass is 384 g/mol. The number of aryl methyl sites for hydroxylation is 2. The number of allylic oxidation sites excluding steroid dienone is 2. The van der Waals surface area contributed by atoms with Gasteiger partial charge >= 0.3 is 0 Å². The second-order valence-corrected chi connectivity index (χ2v) is 7.45. The van der Waals surface area contributed by atoms with Crippen molar-refractivity contribution in [3.63, 3.8) is 0 Å². The van der Waals surface area contributed by atoms with Crippen molar-refractivity contribution < 1.29 is 4.68 Å². The Labute approximate surface area is 174 Å². The molecular weight excluding hydrogens is 354 g/mol. The SMILES string of the molecule is C=[N+](Nc1cccc(CN/C(C)=C/Cc2ccccc2C)c1)c1cccc(C)c1. The average molecular weight is 385 g/mol. The number of hydrazone groups is 1. The molecule has 0 saturated carbocycles. The van der Waals surface area contributed by atoms with Crippen molar-refractivity contribution in [1.29, 1.82) is 0 Å². The first-order valence-electron chi connectivity index (χ1n) is 9.99. The predicted molar refractivity (Wildman–Crippen MR) is 124 cm³/mol. The van der Waals surface area contributed by atoms with Gasteiger partial charge in [0, 0.05) is 24.4 Å². The molecule has 3 rings (SSSR count). The third kappa shape index (κ3) is 6.08. The van der Waals surface area contributed by atoms with Crippen molar-refractivity contribution >= 4 is 18.1 Å². The largest absolute Gasteiger partial charge is 0.385 e. The molecule has 0 bridgehead atoms. The fourth-order valence-electron chi connectivity index (χ4n) is 3.18. The van der Waals surface area contributed by atoms with E-state index in [0.717, 1.165) is 24.3 Å². The van der Waals surface area contributed by atoms with E-state index in [9.17, 15) is 0 Å². The molecule has 0 aromatic heterocycles. The molecule has 0 aliphatic heterocycles. The molecule has 3 aromatic carbocycles. The van der Waals surface area contributed by atoms with Crippen LogP contribution < -0.4 is 10.7 Å². The van der Waals surface area contributed by atoms with Crippen LogP contribution in [0.2, 0.25) is 0 Å². The number of hydrogen-bond acceptors (Lipinski definition) is 2. The molecule has 0 amide bonds. The lowest BCUT2D eigenvalue weighted by Crippen LogP contribution is -2.13. The lowest BCUT2D eigenvalue weighted by Gasteiger charge is -2.10. The predicted octanol–water partition coefficient (Wildman–Crippen LogP) is 5.91. The van der Waals surface area contributed by atoms with Crippen molar-refractivity contribution in [2.45, 2.75) is 33.7 Å². The zero-order chi connectivity index (χ0) is 20.6. The Hall–Kier alpha value is -3.33. The lowest BCUT2D eigenvalue weighted by molar-refractivity contribution is -0.394. The summed E-state index contributed by atoms with van der Waals surface area (Å²) in [5.41, 5.74) is 11.7. The van der Waals surface area contributed by atoms with Gasteiger partial charge in [-0.1, -0.05) is 59.3 Å². The first-order valence-corrected chi connectivity index (χ1v) is 9.99. The highest BCUT2D eigenvalue weighted by atomic mass is 15.4. The maximum absolute atomic E-state index is 4.11. The van der Waals surface area contributed by atoms with E-state index in [1.54, 1.807) is 4.68 Å². The van der Waals surface area contributed by atoms with Crippen LogP contribution in [0.5, 0.6) is 0 Å². The van der Waals surface area contributed by atoms with Gasteiger partial charge in [0.1, 0.15) is 0 Å². The van der Waals surface area contributed by atoms with E-state index in [4.69, 9.17) is 0 Å². The minimum absolute atomic E-state index is 0.785. The maximum Gasteiger partial charge on any atom is 0.235 e. The lowest BCUT2D eigenvalue weighted by atomic mass is 10.1. The van der Waals surface area contributed by atoms with E-state index in [1.165, 1.54) is 28.0 Å². The molecule has 0 aliphatic carbocycles. The third-order valence-electron chi connectivity index (χ3n) is 4.97. The summed E-state index contributed by atoms with van der Waals surface area (Å²) in [6, 6.07) is 25.2. The van der Waals surface area contributed by atoms with Crippen molar-refractivity contribution in [2.75, 3.05) is 5.43 Å². The van der Waals surface area contributed by atoms with Gasteiger partial charge in [0.2, 0.25) is 5.69 Å². The highest BCUT2D eigenvalue weighted by Crippen LogP contribution is 2.17. The molecule has 0 heterocycles. The van der Waals surface area contributed by atoms with Crippen LogP contribution >= 0.6 is 0 Å². The molecule has 3 aromatic rings. The molecule has 148 valence electrons. The Bertz CT molecular complexity index is 1020. The summed E-state index contributed by atoms with van der Waals surface area (Å²) in [7, 11) is 0. The van der Waals surface area contributed by atoms with Crippen LogP contribution in [0.1, 0.15) is 29.2 Å². The van der Waals surface area contributed by atoms with Crippen molar-refractivity contribution in [2.24, 2.45) is 0 Å². The second-order valence-electron chi connectivity index (χ2n) is 7.45. The molecule has 0 unspecified atom stereocenters. The zero-order valence-electron chi connectivity index (χ0n) is 17.6. The number of anilines is 1. The van der Waals surface area contributed by atoms with E-state index in [0.29, 0.717) is 0 Å². The number of hydrazine groups is 1. The first kappa shape index (κ1) is 20.4. The van der Waals surface area contributed by atoms with E-state index in [-0.39, 0.29) is 0 Å². The van der Waals surface area contributed by atoms with Gasteiger partial charge in [0.15, 0.2) is 6.72 Å². The van der Waals surface area contributed by atoms with E-state index < -0.39 is 0 Å². The van der Waals surface area contributed by atoms with E-state index in [1.807, 2.05) is 12.1 Å². The van der Waals surface area contributed by atoms with Crippen LogP contribution in [-0.2, 0) is 13.0 Å². The van der Waals surface area contributed by atoms with E-state index >= 15 is 0 Å². The van der Waals surface area contributed by atoms with Crippen molar-refractivity contribution in [1.82, 2.24) is 5.32 Å². The number of nitrogens with one attached hydrogen (secondary N) is 2. The minimum Gasteiger partial charge on any atom is -0.385 e. The van der Waals surface area contributed by atoms with Crippen LogP contribution in [0.15, 0.2) is 84.6 Å². The Morgan fingerprint density at radius 1 is 0.966 bits per heavy atom. The Morgan fingerprint density at radius 3 is 2.55 bits per heavy atom. The minimum atomic E-state index is 0.785. The summed E-state index contributed by atoms with van der Waals surface area (Å²) in [6.07, 6.45) is 3.19. The molecule has 3 heteroatoms. The summed E-state index contributed by atoms with van der Waals surface area (Å²) < 4.78 is 1.80. The molecule has 3 nitrogen and oxygen atoms in total. The summed E-state index contributed by atoms with van der Waals surface area (Å²) >= 11 is 0. The highest BCUT2D eigenvalue weighted by molar-refractivity contribution is 5.46. The molecular formula is C26H30N3+. The molecule has 2 N–H and O–H groups in total. The molecule has 0 spiro atoms. The first-order chi connectivity index (χ1) is 14.0. The number of rotatable bonds is 8. The molecule has 29 heavy (non-hydrogen) atoms. The number of nitrogens with zero attached hydrogens (tertiary/aromatic N) is 1. The smallest absolute Gasteiger partial charge is 0.235 e. The van der Waals surface area contributed by atoms with Crippen LogP contribution in [0.3, 0.4) is 0 Å². The Kier molecular flexibility index (Phi) is 6.85. The molecule has 0 fully saturated rings. The summed E-state index contributed by atoms with van der Waals surface area (Å²) in [5.74, 6) is 0. The molecule has 0 radical (unpaired) electrons. The molecule has 0 aliphatic rings. The van der Waals surface area contributed by atoms with Crippen molar-refractivity contribution in [3.05, 3.63) is 107 Å². The average Bonchev–Trinajstić information content (AvgIpc) is 2.72. The van der Waals surface area contributed by atoms with Gasteiger partial charge in [0.05, 0.1) is 5.69 Å². The van der Waals surface area contributed by atoms with Crippen LogP contribution in [0.25, 0.3) is 0 Å². The van der Waals surface area contributed by atoms with Gasteiger partial charge in [-0.15, -0.1) is 0 Å². The normalized spacial score (nSPS) is 11.2. The summed E-state index contributed by atoms with van der Waals surface area (Å²) in [4.78, 5) is 0. The second kappa shape index (κ2) is 9.74. The Balaban J connectivity index is 1.57. The van der Waals surface area contributed by atoms with Crippen LogP contribution in [-0.4, -0.2) is 11.4 Å². The zero-order valence-corrected chi connectivity index (χ0v) is 17.6. The van der Waals surface area contributed by atoms with Crippen LogP contribution in [0, 0.1) is 13.8 Å². The van der Waals surface area contributed by atoms with Gasteiger partial charge in [-0.2, -0.15) is 5.43 Å². The van der Waals surface area contributed by atoms with Crippen molar-refractivity contribution in [3.8, 4) is 0 Å². The number of benzene rings is 3. The molecule has 0 saturated heterocycles. The van der Waals surface area contributed by atoms with Gasteiger partial charge in [0.25, 0.3) is 0 Å². The highest BCUT2D eigenvalue weighted by Gasteiger charge is 2.07. The topological polar surface area (TPSA) is 27.1 Å². The van der Waals surface area contributed by atoms with Gasteiger partial charge < -0.3 is 5.32 Å². The fourth-order valence-corrected chi connectivity index (χ4v) is 3.18. The fraction of sp³-hybridized carbons (Fsp3) is 0.192.